The number of hydrogen-bond donors (Lipinski definition) is 0. The summed E-state index contributed by atoms with van der Waals surface area (Å²) < 4.78 is 23.3. The molecule has 0 aromatic heterocycles. The zero-order valence-electron chi connectivity index (χ0n) is 18.4. The number of likely N-dealkylation sites (tertiary alicyclic amines) is 1. The molecule has 29 heavy (non-hydrogen) atoms. The summed E-state index contributed by atoms with van der Waals surface area (Å²) in [5.41, 5.74) is 0.544. The largest absolute Gasteiger partial charge is 0.494 e. The van der Waals surface area contributed by atoms with E-state index < -0.39 is 5.60 Å². The topological polar surface area (TPSA) is 57.2 Å². The van der Waals surface area contributed by atoms with Gasteiger partial charge in [0.1, 0.15) is 11.4 Å². The highest BCUT2D eigenvalue weighted by Crippen LogP contribution is 2.23. The quantitative estimate of drug-likeness (QED) is 0.721. The maximum Gasteiger partial charge on any atom is 0.494 e. The number of ether oxygens (including phenoxy) is 2. The molecule has 3 rings (SSSR count). The minimum atomic E-state index is -0.473. The van der Waals surface area contributed by atoms with E-state index in [4.69, 9.17) is 18.8 Å². The third-order valence-electron chi connectivity index (χ3n) is 5.04. The fraction of sp³-hybridized carbons (Fsp3) is 0.682. The molecule has 0 saturated carbocycles. The van der Waals surface area contributed by atoms with Crippen molar-refractivity contribution in [1.82, 2.24) is 4.90 Å². The van der Waals surface area contributed by atoms with Crippen LogP contribution in [0.25, 0.3) is 0 Å². The molecular formula is C22H34BNO5. The molecule has 0 N–H and O–H groups in total. The highest BCUT2D eigenvalue weighted by atomic mass is 16.6. The summed E-state index contributed by atoms with van der Waals surface area (Å²) in [5, 5.41) is 0. The van der Waals surface area contributed by atoms with Crippen LogP contribution >= 0.6 is 0 Å². The van der Waals surface area contributed by atoms with Gasteiger partial charge in [0.05, 0.1) is 6.61 Å². The number of nitrogens with zero attached hydrogens (tertiary/aromatic N) is 1. The molecule has 1 aromatic carbocycles. The molecule has 1 unspecified atom stereocenters. The molecule has 6 nitrogen and oxygen atoms in total. The van der Waals surface area contributed by atoms with Crippen molar-refractivity contribution >= 4 is 18.7 Å². The lowest BCUT2D eigenvalue weighted by Gasteiger charge is -2.34. The molecule has 2 aliphatic heterocycles. The second-order valence-electron chi connectivity index (χ2n) is 9.94. The van der Waals surface area contributed by atoms with Gasteiger partial charge in [0.25, 0.3) is 0 Å². The third-order valence-corrected chi connectivity index (χ3v) is 5.04. The minimum absolute atomic E-state index is 0.0472. The fourth-order valence-electron chi connectivity index (χ4n) is 3.54. The molecular weight excluding hydrogens is 369 g/mol. The van der Waals surface area contributed by atoms with Gasteiger partial charge in [0, 0.05) is 37.6 Å². The Bertz CT molecular complexity index is 693. The molecule has 2 heterocycles. The molecule has 160 valence electrons. The maximum atomic E-state index is 12.3. The van der Waals surface area contributed by atoms with Crippen LogP contribution in [-0.4, -0.2) is 56.6 Å². The molecule has 0 aliphatic carbocycles. The van der Waals surface area contributed by atoms with Gasteiger partial charge in [0.2, 0.25) is 0 Å². The Morgan fingerprint density at radius 1 is 1.28 bits per heavy atom. The highest BCUT2D eigenvalue weighted by molar-refractivity contribution is 6.61. The lowest BCUT2D eigenvalue weighted by Crippen LogP contribution is -2.47. The molecule has 2 saturated heterocycles. The van der Waals surface area contributed by atoms with Gasteiger partial charge in [-0.15, -0.1) is 0 Å². The van der Waals surface area contributed by atoms with Crippen LogP contribution in [0, 0.1) is 11.3 Å². The second-order valence-corrected chi connectivity index (χ2v) is 9.94. The van der Waals surface area contributed by atoms with E-state index in [1.807, 2.05) is 45.0 Å². The summed E-state index contributed by atoms with van der Waals surface area (Å²) >= 11 is 0. The van der Waals surface area contributed by atoms with Crippen LogP contribution in [0.15, 0.2) is 24.3 Å². The first-order valence-corrected chi connectivity index (χ1v) is 10.6. The lowest BCUT2D eigenvalue weighted by molar-refractivity contribution is 0.0139. The SMILES string of the molecule is CC1(C)COB(c2cccc(OCC3CCCN(C(=O)OC(C)(C)C)C3)c2)OC1. The Hall–Kier alpha value is -1.73. The van der Waals surface area contributed by atoms with E-state index in [9.17, 15) is 4.79 Å². The van der Waals surface area contributed by atoms with Gasteiger partial charge in [-0.25, -0.2) is 4.79 Å². The van der Waals surface area contributed by atoms with Crippen molar-refractivity contribution in [2.45, 2.75) is 53.1 Å². The summed E-state index contributed by atoms with van der Waals surface area (Å²) in [7, 11) is -0.344. The Morgan fingerprint density at radius 3 is 2.69 bits per heavy atom. The van der Waals surface area contributed by atoms with Crippen molar-refractivity contribution in [3.63, 3.8) is 0 Å². The lowest BCUT2D eigenvalue weighted by atomic mass is 9.76. The van der Waals surface area contributed by atoms with Gasteiger partial charge < -0.3 is 23.7 Å². The summed E-state index contributed by atoms with van der Waals surface area (Å²) in [5.74, 6) is 1.09. The fourth-order valence-corrected chi connectivity index (χ4v) is 3.54. The maximum absolute atomic E-state index is 12.3. The summed E-state index contributed by atoms with van der Waals surface area (Å²) in [6, 6.07) is 7.90. The first-order valence-electron chi connectivity index (χ1n) is 10.6. The van der Waals surface area contributed by atoms with Crippen LogP contribution in [-0.2, 0) is 14.0 Å². The molecule has 1 amide bonds. The standard InChI is InChI=1S/C22H34BNO5/c1-21(2,3)29-20(25)24-11-7-8-17(13-24)14-26-19-10-6-9-18(12-19)23-27-15-22(4,5)16-28-23/h6,9-10,12,17H,7-8,11,13-16H2,1-5H3. The van der Waals surface area contributed by atoms with Crippen molar-refractivity contribution in [3.8, 4) is 5.75 Å². The predicted octanol–water partition coefficient (Wildman–Crippen LogP) is 3.48. The normalized spacial score (nSPS) is 22.3. The van der Waals surface area contributed by atoms with Gasteiger partial charge in [-0.05, 0) is 51.2 Å². The van der Waals surface area contributed by atoms with Crippen molar-refractivity contribution < 1.29 is 23.6 Å². The second kappa shape index (κ2) is 8.96. The first-order chi connectivity index (χ1) is 13.6. The Balaban J connectivity index is 1.51. The van der Waals surface area contributed by atoms with Crippen LogP contribution in [0.1, 0.15) is 47.5 Å². The third kappa shape index (κ3) is 6.64. The molecule has 2 fully saturated rings. The number of rotatable bonds is 4. The van der Waals surface area contributed by atoms with Gasteiger partial charge in [-0.2, -0.15) is 0 Å². The van der Waals surface area contributed by atoms with E-state index in [2.05, 4.69) is 13.8 Å². The zero-order valence-corrected chi connectivity index (χ0v) is 18.4. The molecule has 1 aromatic rings. The average molecular weight is 403 g/mol. The van der Waals surface area contributed by atoms with E-state index in [1.54, 1.807) is 4.90 Å². The first kappa shape index (κ1) is 22.0. The molecule has 1 atom stereocenters. The van der Waals surface area contributed by atoms with Gasteiger partial charge >= 0.3 is 13.2 Å². The predicted molar refractivity (Wildman–Crippen MR) is 114 cm³/mol. The Morgan fingerprint density at radius 2 is 2.00 bits per heavy atom. The van der Waals surface area contributed by atoms with Crippen LogP contribution in [0.2, 0.25) is 0 Å². The molecule has 0 spiro atoms. The minimum Gasteiger partial charge on any atom is -0.493 e. The molecule has 7 heteroatoms. The van der Waals surface area contributed by atoms with E-state index in [1.165, 1.54) is 0 Å². The zero-order chi connectivity index (χ0) is 21.1. The average Bonchev–Trinajstić information content (AvgIpc) is 2.65. The number of carbonyl (C=O) groups excluding carboxylic acids is 1. The highest BCUT2D eigenvalue weighted by Gasteiger charge is 2.33. The summed E-state index contributed by atoms with van der Waals surface area (Å²) in [6.07, 6.45) is 1.77. The van der Waals surface area contributed by atoms with Crippen molar-refractivity contribution in [2.24, 2.45) is 11.3 Å². The number of amides is 1. The van der Waals surface area contributed by atoms with Crippen molar-refractivity contribution in [3.05, 3.63) is 24.3 Å². The summed E-state index contributed by atoms with van der Waals surface area (Å²) in [4.78, 5) is 14.1. The Kier molecular flexibility index (Phi) is 6.79. The smallest absolute Gasteiger partial charge is 0.493 e. The number of hydrogen-bond acceptors (Lipinski definition) is 5. The van der Waals surface area contributed by atoms with E-state index in [0.717, 1.165) is 30.6 Å². The van der Waals surface area contributed by atoms with E-state index in [0.29, 0.717) is 32.3 Å². The number of piperidine rings is 1. The van der Waals surface area contributed by atoms with Crippen LogP contribution < -0.4 is 10.2 Å². The van der Waals surface area contributed by atoms with E-state index >= 15 is 0 Å². The van der Waals surface area contributed by atoms with Gasteiger partial charge in [-0.1, -0.05) is 26.0 Å². The number of benzene rings is 1. The molecule has 2 aliphatic rings. The van der Waals surface area contributed by atoms with Gasteiger partial charge in [0.15, 0.2) is 0 Å². The monoisotopic (exact) mass is 403 g/mol. The van der Waals surface area contributed by atoms with Crippen LogP contribution in [0.3, 0.4) is 0 Å². The van der Waals surface area contributed by atoms with Crippen LogP contribution in [0.5, 0.6) is 5.75 Å². The van der Waals surface area contributed by atoms with Crippen molar-refractivity contribution in [1.29, 1.82) is 0 Å². The van der Waals surface area contributed by atoms with Crippen molar-refractivity contribution in [2.75, 3.05) is 32.9 Å². The van der Waals surface area contributed by atoms with Crippen LogP contribution in [0.4, 0.5) is 4.79 Å². The number of carbonyl (C=O) groups is 1. The Labute approximate surface area is 175 Å². The summed E-state index contributed by atoms with van der Waals surface area (Å²) in [6.45, 7) is 13.3. The molecule has 0 radical (unpaired) electrons. The molecule has 0 bridgehead atoms. The van der Waals surface area contributed by atoms with E-state index in [-0.39, 0.29) is 18.6 Å². The van der Waals surface area contributed by atoms with Gasteiger partial charge in [-0.3, -0.25) is 0 Å².